The average Bonchev–Trinajstić information content (AvgIpc) is 3.21. The Balaban J connectivity index is 1.15. The zero-order chi connectivity index (χ0) is 23.5. The molecule has 0 unspecified atom stereocenters. The first kappa shape index (κ1) is 23.4. The third-order valence-electron chi connectivity index (χ3n) is 8.73. The van der Waals surface area contributed by atoms with Gasteiger partial charge in [0.1, 0.15) is 5.75 Å². The third kappa shape index (κ3) is 4.49. The second kappa shape index (κ2) is 10.1. The molecule has 0 radical (unpaired) electrons. The topological polar surface area (TPSA) is 70.7 Å². The fraction of sp³-hybridized carbons (Fsp3) is 0.643. The number of methoxy groups -OCH3 is 1. The van der Waals surface area contributed by atoms with Gasteiger partial charge in [0.15, 0.2) is 0 Å². The molecule has 6 heteroatoms. The minimum atomic E-state index is -0.250. The summed E-state index contributed by atoms with van der Waals surface area (Å²) in [4.78, 5) is 29.2. The summed E-state index contributed by atoms with van der Waals surface area (Å²) < 4.78 is 5.43. The first-order chi connectivity index (χ1) is 16.6. The van der Waals surface area contributed by atoms with Gasteiger partial charge < -0.3 is 20.3 Å². The van der Waals surface area contributed by atoms with Crippen molar-refractivity contribution in [2.24, 2.45) is 29.1 Å². The lowest BCUT2D eigenvalue weighted by Gasteiger charge is -2.26. The molecule has 1 saturated heterocycles. The number of hydrogen-bond donors (Lipinski definition) is 2. The highest BCUT2D eigenvalue weighted by Crippen LogP contribution is 2.72. The van der Waals surface area contributed by atoms with Crippen molar-refractivity contribution in [2.45, 2.75) is 44.9 Å². The average molecular weight is 466 g/mol. The number of hydrogen-bond acceptors (Lipinski definition) is 4. The van der Waals surface area contributed by atoms with E-state index in [4.69, 9.17) is 4.74 Å². The summed E-state index contributed by atoms with van der Waals surface area (Å²) in [6.07, 6.45) is 12.2. The molecule has 3 aliphatic carbocycles. The maximum atomic E-state index is 13.4. The lowest BCUT2D eigenvalue weighted by atomic mass is 9.81. The Bertz CT molecular complexity index is 919. The summed E-state index contributed by atoms with van der Waals surface area (Å²) in [5.74, 6) is 0.892. The number of unbranched alkanes of at least 4 members (excludes halogenated alkanes) is 1. The number of allylic oxidation sites excluding steroid dienone is 2. The van der Waals surface area contributed by atoms with E-state index in [1.807, 2.05) is 24.3 Å². The van der Waals surface area contributed by atoms with Crippen molar-refractivity contribution in [2.75, 3.05) is 39.8 Å². The van der Waals surface area contributed by atoms with E-state index in [2.05, 4.69) is 27.7 Å². The molecule has 6 nitrogen and oxygen atoms in total. The van der Waals surface area contributed by atoms with Crippen molar-refractivity contribution in [1.82, 2.24) is 15.5 Å². The second-order valence-electron chi connectivity index (χ2n) is 10.6. The molecule has 1 heterocycles. The summed E-state index contributed by atoms with van der Waals surface area (Å²) in [6.45, 7) is 4.83. The molecule has 2 saturated carbocycles. The van der Waals surface area contributed by atoms with Crippen LogP contribution in [0.4, 0.5) is 0 Å². The lowest BCUT2D eigenvalue weighted by Crippen LogP contribution is -2.44. The molecule has 1 aromatic rings. The van der Waals surface area contributed by atoms with Crippen LogP contribution in [0.5, 0.6) is 5.75 Å². The first-order valence-corrected chi connectivity index (χ1v) is 13.2. The molecule has 1 spiro atoms. The van der Waals surface area contributed by atoms with Crippen molar-refractivity contribution in [3.63, 3.8) is 0 Å². The summed E-state index contributed by atoms with van der Waals surface area (Å²) in [6, 6.07) is 7.92. The summed E-state index contributed by atoms with van der Waals surface area (Å²) in [5.41, 5.74) is 1.25. The van der Waals surface area contributed by atoms with Gasteiger partial charge in [0.05, 0.1) is 18.9 Å². The van der Waals surface area contributed by atoms with Crippen LogP contribution in [0.15, 0.2) is 36.4 Å². The predicted octanol–water partition coefficient (Wildman–Crippen LogP) is 3.17. The number of para-hydroxylation sites is 1. The molecule has 1 aliphatic heterocycles. The SMILES string of the molecule is COc1ccccc1CCNC(=O)[C@H]1[C@H](C(=O)NCCCCN2CCCC2)[C@H]2C=C[C@@H]1C21CC1. The van der Waals surface area contributed by atoms with Crippen LogP contribution in [0.25, 0.3) is 0 Å². The fourth-order valence-corrected chi connectivity index (χ4v) is 6.85. The number of nitrogens with zero attached hydrogens (tertiary/aromatic N) is 1. The lowest BCUT2D eigenvalue weighted by molar-refractivity contribution is -0.135. The Morgan fingerprint density at radius 1 is 0.971 bits per heavy atom. The van der Waals surface area contributed by atoms with Gasteiger partial charge in [0.2, 0.25) is 11.8 Å². The van der Waals surface area contributed by atoms with Gasteiger partial charge in [-0.05, 0) is 93.5 Å². The van der Waals surface area contributed by atoms with Gasteiger partial charge in [0.25, 0.3) is 0 Å². The monoisotopic (exact) mass is 465 g/mol. The smallest absolute Gasteiger partial charge is 0.224 e. The Hall–Kier alpha value is -2.34. The minimum absolute atomic E-state index is 0.0345. The van der Waals surface area contributed by atoms with E-state index in [9.17, 15) is 9.59 Å². The van der Waals surface area contributed by atoms with Crippen molar-refractivity contribution < 1.29 is 14.3 Å². The number of likely N-dealkylation sites (tertiary alicyclic amines) is 1. The molecule has 34 heavy (non-hydrogen) atoms. The van der Waals surface area contributed by atoms with Gasteiger partial charge in [0, 0.05) is 13.1 Å². The minimum Gasteiger partial charge on any atom is -0.496 e. The van der Waals surface area contributed by atoms with Crippen LogP contribution in [0, 0.1) is 29.1 Å². The number of amides is 2. The van der Waals surface area contributed by atoms with Gasteiger partial charge in [-0.1, -0.05) is 30.4 Å². The van der Waals surface area contributed by atoms with E-state index >= 15 is 0 Å². The quantitative estimate of drug-likeness (QED) is 0.389. The van der Waals surface area contributed by atoms with Gasteiger partial charge >= 0.3 is 0 Å². The Labute approximate surface area is 203 Å². The van der Waals surface area contributed by atoms with Crippen molar-refractivity contribution in [1.29, 1.82) is 0 Å². The molecular weight excluding hydrogens is 426 g/mol. The van der Waals surface area contributed by atoms with Crippen molar-refractivity contribution in [3.05, 3.63) is 42.0 Å². The van der Waals surface area contributed by atoms with Crippen LogP contribution in [0.2, 0.25) is 0 Å². The number of ether oxygens (including phenoxy) is 1. The Morgan fingerprint density at radius 3 is 2.26 bits per heavy atom. The van der Waals surface area contributed by atoms with Crippen LogP contribution in [-0.2, 0) is 16.0 Å². The largest absolute Gasteiger partial charge is 0.496 e. The second-order valence-corrected chi connectivity index (χ2v) is 10.6. The summed E-state index contributed by atoms with van der Waals surface area (Å²) in [7, 11) is 1.67. The zero-order valence-corrected chi connectivity index (χ0v) is 20.4. The number of carbonyl (C=O) groups is 2. The molecule has 5 rings (SSSR count). The van der Waals surface area contributed by atoms with E-state index < -0.39 is 0 Å². The highest BCUT2D eigenvalue weighted by molar-refractivity contribution is 5.90. The normalized spacial score (nSPS) is 28.4. The number of nitrogens with one attached hydrogen (secondary N) is 2. The molecular formula is C28H39N3O3. The molecule has 184 valence electrons. The van der Waals surface area contributed by atoms with E-state index in [1.165, 1.54) is 25.9 Å². The van der Waals surface area contributed by atoms with E-state index in [1.54, 1.807) is 7.11 Å². The van der Waals surface area contributed by atoms with E-state index in [0.29, 0.717) is 19.5 Å². The van der Waals surface area contributed by atoms with E-state index in [0.717, 1.165) is 43.5 Å². The first-order valence-electron chi connectivity index (χ1n) is 13.2. The van der Waals surface area contributed by atoms with Gasteiger partial charge in [-0.3, -0.25) is 9.59 Å². The number of carbonyl (C=O) groups excluding carboxylic acids is 2. The molecule has 2 bridgehead atoms. The third-order valence-corrected chi connectivity index (χ3v) is 8.73. The number of benzene rings is 1. The molecule has 3 fully saturated rings. The Morgan fingerprint density at radius 2 is 1.62 bits per heavy atom. The van der Waals surface area contributed by atoms with Crippen molar-refractivity contribution in [3.8, 4) is 5.75 Å². The van der Waals surface area contributed by atoms with E-state index in [-0.39, 0.29) is 40.9 Å². The predicted molar refractivity (Wildman–Crippen MR) is 132 cm³/mol. The standard InChI is InChI=1S/C28H39N3O3/c1-34-23-9-3-2-8-20(23)12-16-30-27(33)25-22-11-10-21(28(22)13-14-28)24(25)26(32)29-15-4-5-17-31-18-6-7-19-31/h2-3,8-11,21-22,24-25H,4-7,12-19H2,1H3,(H,29,32)(H,30,33)/t21-,22+,24-,25-/m1/s1. The van der Waals surface area contributed by atoms with Gasteiger partial charge in [-0.2, -0.15) is 0 Å². The van der Waals surface area contributed by atoms with Crippen LogP contribution < -0.4 is 15.4 Å². The maximum Gasteiger partial charge on any atom is 0.224 e. The van der Waals surface area contributed by atoms with Gasteiger partial charge in [-0.25, -0.2) is 0 Å². The summed E-state index contributed by atoms with van der Waals surface area (Å²) in [5, 5.41) is 6.35. The van der Waals surface area contributed by atoms with Crippen molar-refractivity contribution >= 4 is 11.8 Å². The highest BCUT2D eigenvalue weighted by Gasteiger charge is 2.69. The van der Waals surface area contributed by atoms with Crippen LogP contribution in [-0.4, -0.2) is 56.5 Å². The van der Waals surface area contributed by atoms with Crippen LogP contribution in [0.1, 0.15) is 44.1 Å². The molecule has 4 atom stereocenters. The molecule has 2 N–H and O–H groups in total. The molecule has 1 aromatic carbocycles. The number of rotatable bonds is 11. The summed E-state index contributed by atoms with van der Waals surface area (Å²) >= 11 is 0. The van der Waals surface area contributed by atoms with Gasteiger partial charge in [-0.15, -0.1) is 0 Å². The molecule has 4 aliphatic rings. The molecule has 0 aromatic heterocycles. The Kier molecular flexibility index (Phi) is 6.96. The fourth-order valence-electron chi connectivity index (χ4n) is 6.85. The highest BCUT2D eigenvalue weighted by atomic mass is 16.5. The molecule has 2 amide bonds. The van der Waals surface area contributed by atoms with Crippen LogP contribution in [0.3, 0.4) is 0 Å². The maximum absolute atomic E-state index is 13.4. The zero-order valence-electron chi connectivity index (χ0n) is 20.4. The van der Waals surface area contributed by atoms with Crippen LogP contribution >= 0.6 is 0 Å².